The molecule has 1 aromatic carbocycles. The second kappa shape index (κ2) is 6.30. The van der Waals surface area contributed by atoms with Crippen LogP contribution in [0.25, 0.3) is 0 Å². The summed E-state index contributed by atoms with van der Waals surface area (Å²) in [5.74, 6) is -0.742. The van der Waals surface area contributed by atoms with Gasteiger partial charge in [0.1, 0.15) is 5.15 Å². The fraction of sp³-hybridized carbons (Fsp3) is 0.133. The quantitative estimate of drug-likeness (QED) is 0.493. The maximum Gasteiger partial charge on any atom is 0.338 e. The second-order valence-corrected chi connectivity index (χ2v) is 4.33. The maximum atomic E-state index is 12.3. The summed E-state index contributed by atoms with van der Waals surface area (Å²) in [4.78, 5) is 27.8. The van der Waals surface area contributed by atoms with Gasteiger partial charge in [0.25, 0.3) is 0 Å². The summed E-state index contributed by atoms with van der Waals surface area (Å²) in [6.07, 6.45) is 1.51. The molecule has 0 radical (unpaired) electrons. The van der Waals surface area contributed by atoms with Gasteiger partial charge in [-0.15, -0.1) is 0 Å². The molecule has 0 saturated heterocycles. The summed E-state index contributed by atoms with van der Waals surface area (Å²) in [7, 11) is 0. The highest BCUT2D eigenvalue weighted by Crippen LogP contribution is 2.17. The predicted molar refractivity (Wildman–Crippen MR) is 75.1 cm³/mol. The third-order valence-electron chi connectivity index (χ3n) is 2.64. The third kappa shape index (κ3) is 3.03. The molecule has 0 atom stereocenters. The molecule has 0 fully saturated rings. The highest BCUT2D eigenvalue weighted by atomic mass is 35.5. The van der Waals surface area contributed by atoms with Gasteiger partial charge < -0.3 is 4.74 Å². The van der Waals surface area contributed by atoms with Crippen molar-refractivity contribution in [2.24, 2.45) is 0 Å². The molecular weight excluding hydrogens is 278 g/mol. The molecule has 0 amide bonds. The van der Waals surface area contributed by atoms with Gasteiger partial charge in [0, 0.05) is 11.8 Å². The Balaban J connectivity index is 2.34. The van der Waals surface area contributed by atoms with E-state index in [0.717, 1.165) is 0 Å². The lowest BCUT2D eigenvalue weighted by atomic mass is 10.0. The van der Waals surface area contributed by atoms with E-state index in [1.807, 2.05) is 0 Å². The SMILES string of the molecule is CCOC(=O)c1cccc(C(=O)c2cccnc2Cl)c1. The van der Waals surface area contributed by atoms with Gasteiger partial charge in [0.15, 0.2) is 5.78 Å². The smallest absolute Gasteiger partial charge is 0.338 e. The van der Waals surface area contributed by atoms with Crippen LogP contribution in [0.5, 0.6) is 0 Å². The molecule has 102 valence electrons. The van der Waals surface area contributed by atoms with Crippen molar-refractivity contribution in [2.75, 3.05) is 6.61 Å². The van der Waals surface area contributed by atoms with E-state index in [2.05, 4.69) is 4.98 Å². The van der Waals surface area contributed by atoms with Crippen LogP contribution in [0.3, 0.4) is 0 Å². The number of hydrogen-bond acceptors (Lipinski definition) is 4. The minimum atomic E-state index is -0.459. The largest absolute Gasteiger partial charge is 0.462 e. The van der Waals surface area contributed by atoms with Crippen LogP contribution in [0.2, 0.25) is 5.15 Å². The van der Waals surface area contributed by atoms with E-state index in [1.54, 1.807) is 37.3 Å². The Kier molecular flexibility index (Phi) is 4.48. The highest BCUT2D eigenvalue weighted by Gasteiger charge is 2.15. The van der Waals surface area contributed by atoms with E-state index >= 15 is 0 Å². The molecule has 0 aliphatic rings. The number of ketones is 1. The number of hydrogen-bond donors (Lipinski definition) is 0. The van der Waals surface area contributed by atoms with E-state index in [9.17, 15) is 9.59 Å². The molecule has 0 aliphatic heterocycles. The van der Waals surface area contributed by atoms with Crippen LogP contribution < -0.4 is 0 Å². The molecular formula is C15H12ClNO3. The van der Waals surface area contributed by atoms with E-state index < -0.39 is 5.97 Å². The molecule has 4 nitrogen and oxygen atoms in total. The van der Waals surface area contributed by atoms with Gasteiger partial charge >= 0.3 is 5.97 Å². The molecule has 0 bridgehead atoms. The van der Waals surface area contributed by atoms with Crippen LogP contribution in [-0.4, -0.2) is 23.3 Å². The van der Waals surface area contributed by atoms with Crippen LogP contribution in [0, 0.1) is 0 Å². The van der Waals surface area contributed by atoms with Crippen molar-refractivity contribution in [3.8, 4) is 0 Å². The summed E-state index contributed by atoms with van der Waals surface area (Å²) < 4.78 is 4.90. The van der Waals surface area contributed by atoms with Crippen molar-refractivity contribution in [3.63, 3.8) is 0 Å². The van der Waals surface area contributed by atoms with Crippen LogP contribution in [0.4, 0.5) is 0 Å². The lowest BCUT2D eigenvalue weighted by molar-refractivity contribution is 0.0526. The zero-order chi connectivity index (χ0) is 14.5. The molecule has 5 heteroatoms. The van der Waals surface area contributed by atoms with E-state index in [4.69, 9.17) is 16.3 Å². The first kappa shape index (κ1) is 14.2. The number of carbonyl (C=O) groups excluding carboxylic acids is 2. The number of rotatable bonds is 4. The van der Waals surface area contributed by atoms with Crippen molar-refractivity contribution in [1.29, 1.82) is 0 Å². The maximum absolute atomic E-state index is 12.3. The Bertz CT molecular complexity index is 655. The second-order valence-electron chi connectivity index (χ2n) is 3.97. The number of carbonyl (C=O) groups is 2. The predicted octanol–water partition coefficient (Wildman–Crippen LogP) is 3.14. The number of ether oxygens (including phenoxy) is 1. The highest BCUT2D eigenvalue weighted by molar-refractivity contribution is 6.33. The number of pyridine rings is 1. The average molecular weight is 290 g/mol. The molecule has 0 saturated carbocycles. The standard InChI is InChI=1S/C15H12ClNO3/c1-2-20-15(19)11-6-3-5-10(9-11)13(18)12-7-4-8-17-14(12)16/h3-9H,2H2,1H3. The Hall–Kier alpha value is -2.20. The van der Waals surface area contributed by atoms with Gasteiger partial charge in [-0.05, 0) is 31.2 Å². The van der Waals surface area contributed by atoms with Gasteiger partial charge in [0.2, 0.25) is 0 Å². The molecule has 0 unspecified atom stereocenters. The van der Waals surface area contributed by atoms with Crippen LogP contribution >= 0.6 is 11.6 Å². The molecule has 0 aliphatic carbocycles. The molecule has 2 aromatic rings. The first-order valence-corrected chi connectivity index (χ1v) is 6.43. The minimum absolute atomic E-state index is 0.138. The zero-order valence-corrected chi connectivity index (χ0v) is 11.6. The molecule has 1 aromatic heterocycles. The minimum Gasteiger partial charge on any atom is -0.462 e. The van der Waals surface area contributed by atoms with Crippen molar-refractivity contribution in [2.45, 2.75) is 6.92 Å². The molecule has 1 heterocycles. The number of halogens is 1. The number of aromatic nitrogens is 1. The van der Waals surface area contributed by atoms with Crippen LogP contribution in [0.1, 0.15) is 33.2 Å². The van der Waals surface area contributed by atoms with Gasteiger partial charge in [-0.25, -0.2) is 9.78 Å². The fourth-order valence-electron chi connectivity index (χ4n) is 1.71. The topological polar surface area (TPSA) is 56.3 Å². The van der Waals surface area contributed by atoms with E-state index in [1.165, 1.54) is 12.3 Å². The van der Waals surface area contributed by atoms with Crippen molar-refractivity contribution >= 4 is 23.4 Å². The monoisotopic (exact) mass is 289 g/mol. The summed E-state index contributed by atoms with van der Waals surface area (Å²) in [6, 6.07) is 9.56. The lowest BCUT2D eigenvalue weighted by Gasteiger charge is -2.05. The average Bonchev–Trinajstić information content (AvgIpc) is 2.47. The summed E-state index contributed by atoms with van der Waals surface area (Å²) in [5, 5.41) is 0.138. The van der Waals surface area contributed by atoms with Crippen LogP contribution in [0.15, 0.2) is 42.6 Å². The van der Waals surface area contributed by atoms with Crippen molar-refractivity contribution in [1.82, 2.24) is 4.98 Å². The summed E-state index contributed by atoms with van der Waals surface area (Å²) in [5.41, 5.74) is 0.998. The molecule has 2 rings (SSSR count). The van der Waals surface area contributed by atoms with E-state index in [0.29, 0.717) is 16.7 Å². The zero-order valence-electron chi connectivity index (χ0n) is 10.8. The number of esters is 1. The van der Waals surface area contributed by atoms with Crippen LogP contribution in [-0.2, 0) is 4.74 Å². The molecule has 20 heavy (non-hydrogen) atoms. The van der Waals surface area contributed by atoms with Gasteiger partial charge in [-0.1, -0.05) is 23.7 Å². The molecule has 0 N–H and O–H groups in total. The number of nitrogens with zero attached hydrogens (tertiary/aromatic N) is 1. The molecule has 0 spiro atoms. The Morgan fingerprint density at radius 3 is 2.65 bits per heavy atom. The lowest BCUT2D eigenvalue weighted by Crippen LogP contribution is -2.08. The first-order valence-electron chi connectivity index (χ1n) is 6.06. The van der Waals surface area contributed by atoms with E-state index in [-0.39, 0.29) is 17.5 Å². The Morgan fingerprint density at radius 1 is 1.20 bits per heavy atom. The normalized spacial score (nSPS) is 10.1. The Morgan fingerprint density at radius 2 is 1.95 bits per heavy atom. The van der Waals surface area contributed by atoms with Gasteiger partial charge in [-0.2, -0.15) is 0 Å². The fourth-order valence-corrected chi connectivity index (χ4v) is 1.92. The Labute approximate surface area is 121 Å². The third-order valence-corrected chi connectivity index (χ3v) is 2.94. The van der Waals surface area contributed by atoms with Gasteiger partial charge in [0.05, 0.1) is 17.7 Å². The van der Waals surface area contributed by atoms with Crippen molar-refractivity contribution in [3.05, 3.63) is 64.4 Å². The summed E-state index contributed by atoms with van der Waals surface area (Å²) in [6.45, 7) is 2.01. The van der Waals surface area contributed by atoms with Crippen molar-refractivity contribution < 1.29 is 14.3 Å². The summed E-state index contributed by atoms with van der Waals surface area (Å²) >= 11 is 5.90. The number of benzene rings is 1. The van der Waals surface area contributed by atoms with Gasteiger partial charge in [-0.3, -0.25) is 4.79 Å². The first-order chi connectivity index (χ1) is 9.63.